The lowest BCUT2D eigenvalue weighted by Gasteiger charge is -2.21. The minimum absolute atomic E-state index is 0.0828. The molecule has 1 aromatic rings. The fraction of sp³-hybridized carbons (Fsp3) is 0.615. The van der Waals surface area contributed by atoms with Crippen molar-refractivity contribution in [3.05, 3.63) is 27.9 Å². The number of hydrogen-bond acceptors (Lipinski definition) is 5. The first kappa shape index (κ1) is 12.3. The van der Waals surface area contributed by atoms with Gasteiger partial charge in [0.1, 0.15) is 11.5 Å². The minimum Gasteiger partial charge on any atom is -0.366 e. The molecular weight excluding hydrogens is 244 g/mol. The lowest BCUT2D eigenvalue weighted by atomic mass is 10.1. The van der Waals surface area contributed by atoms with Gasteiger partial charge in [-0.1, -0.05) is 0 Å². The van der Waals surface area contributed by atoms with Gasteiger partial charge in [-0.05, 0) is 38.8 Å². The van der Waals surface area contributed by atoms with E-state index in [0.29, 0.717) is 17.8 Å². The predicted octanol–water partition coefficient (Wildman–Crippen LogP) is 1.95. The quantitative estimate of drug-likeness (QED) is 0.666. The zero-order valence-electron chi connectivity index (χ0n) is 11.0. The van der Waals surface area contributed by atoms with Crippen LogP contribution in [0.15, 0.2) is 12.1 Å². The van der Waals surface area contributed by atoms with Gasteiger partial charge in [0.15, 0.2) is 0 Å². The van der Waals surface area contributed by atoms with E-state index in [1.54, 1.807) is 13.0 Å². The summed E-state index contributed by atoms with van der Waals surface area (Å²) in [6.07, 6.45) is 3.64. The molecule has 2 fully saturated rings. The van der Waals surface area contributed by atoms with E-state index >= 15 is 0 Å². The Hall–Kier alpha value is -1.69. The van der Waals surface area contributed by atoms with Gasteiger partial charge in [-0.3, -0.25) is 15.0 Å². The molecule has 1 N–H and O–H groups in total. The molecule has 0 amide bonds. The number of anilines is 1. The van der Waals surface area contributed by atoms with Crippen LogP contribution in [-0.4, -0.2) is 40.0 Å². The minimum atomic E-state index is -0.389. The number of rotatable bonds is 3. The third kappa shape index (κ3) is 2.28. The van der Waals surface area contributed by atoms with Gasteiger partial charge in [0.05, 0.1) is 4.92 Å². The van der Waals surface area contributed by atoms with Gasteiger partial charge in [-0.15, -0.1) is 0 Å². The van der Waals surface area contributed by atoms with E-state index in [1.165, 1.54) is 25.5 Å². The molecule has 0 saturated carbocycles. The second kappa shape index (κ2) is 4.77. The summed E-state index contributed by atoms with van der Waals surface area (Å²) in [4.78, 5) is 17.2. The molecule has 2 aliphatic rings. The Kier molecular flexibility index (Phi) is 3.10. The molecule has 3 heterocycles. The zero-order chi connectivity index (χ0) is 13.4. The third-order valence-electron chi connectivity index (χ3n) is 4.19. The van der Waals surface area contributed by atoms with Crippen molar-refractivity contribution in [2.75, 3.05) is 18.4 Å². The van der Waals surface area contributed by atoms with Gasteiger partial charge in [0.2, 0.25) is 0 Å². The first-order valence-corrected chi connectivity index (χ1v) is 6.78. The topological polar surface area (TPSA) is 71.3 Å². The largest absolute Gasteiger partial charge is 0.366 e. The van der Waals surface area contributed by atoms with Gasteiger partial charge in [-0.25, -0.2) is 4.98 Å². The SMILES string of the molecule is Cc1nc(NC2CCN3CCCC23)ccc1[N+](=O)[O-]. The van der Waals surface area contributed by atoms with Crippen LogP contribution in [-0.2, 0) is 0 Å². The van der Waals surface area contributed by atoms with Crippen LogP contribution in [0.5, 0.6) is 0 Å². The number of nitrogens with zero attached hydrogens (tertiary/aromatic N) is 3. The monoisotopic (exact) mass is 262 g/mol. The average Bonchev–Trinajstić information content (AvgIpc) is 2.94. The van der Waals surface area contributed by atoms with Gasteiger partial charge in [0, 0.05) is 24.7 Å². The van der Waals surface area contributed by atoms with E-state index in [1.807, 2.05) is 0 Å². The summed E-state index contributed by atoms with van der Waals surface area (Å²) in [6, 6.07) is 4.28. The number of hydrogen-bond donors (Lipinski definition) is 1. The third-order valence-corrected chi connectivity index (χ3v) is 4.19. The number of pyridine rings is 1. The molecule has 19 heavy (non-hydrogen) atoms. The summed E-state index contributed by atoms with van der Waals surface area (Å²) in [6.45, 7) is 4.03. The summed E-state index contributed by atoms with van der Waals surface area (Å²) < 4.78 is 0. The molecule has 2 atom stereocenters. The van der Waals surface area contributed by atoms with E-state index in [0.717, 1.165) is 18.8 Å². The summed E-state index contributed by atoms with van der Waals surface area (Å²) in [5.41, 5.74) is 0.552. The van der Waals surface area contributed by atoms with Crippen LogP contribution >= 0.6 is 0 Å². The summed E-state index contributed by atoms with van der Waals surface area (Å²) >= 11 is 0. The van der Waals surface area contributed by atoms with Crippen molar-refractivity contribution >= 4 is 11.5 Å². The van der Waals surface area contributed by atoms with E-state index in [9.17, 15) is 10.1 Å². The van der Waals surface area contributed by atoms with Crippen molar-refractivity contribution in [2.45, 2.75) is 38.3 Å². The molecule has 0 aromatic carbocycles. The van der Waals surface area contributed by atoms with Crippen LogP contribution in [0, 0.1) is 17.0 Å². The Morgan fingerprint density at radius 3 is 3.00 bits per heavy atom. The smallest absolute Gasteiger partial charge is 0.290 e. The van der Waals surface area contributed by atoms with Gasteiger partial charge in [0.25, 0.3) is 5.69 Å². The van der Waals surface area contributed by atoms with Crippen molar-refractivity contribution < 1.29 is 4.92 Å². The molecule has 0 spiro atoms. The van der Waals surface area contributed by atoms with Crippen LogP contribution in [0.25, 0.3) is 0 Å². The molecule has 6 heteroatoms. The van der Waals surface area contributed by atoms with E-state index in [4.69, 9.17) is 0 Å². The first-order chi connectivity index (χ1) is 9.15. The predicted molar refractivity (Wildman–Crippen MR) is 72.3 cm³/mol. The maximum atomic E-state index is 10.8. The highest BCUT2D eigenvalue weighted by Gasteiger charge is 2.37. The number of aromatic nitrogens is 1. The molecule has 6 nitrogen and oxygen atoms in total. The Labute approximate surface area is 112 Å². The molecule has 2 saturated heterocycles. The standard InChI is InChI=1S/C13H18N4O2/c1-9-11(17(18)19)4-5-13(14-9)15-10-6-8-16-7-2-3-12(10)16/h4-5,10,12H,2-3,6-8H2,1H3,(H,14,15). The Morgan fingerprint density at radius 1 is 1.42 bits per heavy atom. The van der Waals surface area contributed by atoms with Crippen LogP contribution in [0.4, 0.5) is 11.5 Å². The van der Waals surface area contributed by atoms with Crippen molar-refractivity contribution in [1.29, 1.82) is 0 Å². The second-order valence-corrected chi connectivity index (χ2v) is 5.34. The molecular formula is C13H18N4O2. The summed E-state index contributed by atoms with van der Waals surface area (Å²) in [7, 11) is 0. The number of aryl methyl sites for hydroxylation is 1. The van der Waals surface area contributed by atoms with Gasteiger partial charge < -0.3 is 5.32 Å². The summed E-state index contributed by atoms with van der Waals surface area (Å²) in [5.74, 6) is 0.752. The Bertz CT molecular complexity index is 505. The second-order valence-electron chi connectivity index (χ2n) is 5.34. The average molecular weight is 262 g/mol. The Balaban J connectivity index is 1.73. The molecule has 2 unspecified atom stereocenters. The highest BCUT2D eigenvalue weighted by molar-refractivity contribution is 5.45. The molecule has 102 valence electrons. The van der Waals surface area contributed by atoms with E-state index in [-0.39, 0.29) is 10.6 Å². The van der Waals surface area contributed by atoms with Crippen LogP contribution in [0.2, 0.25) is 0 Å². The molecule has 0 aliphatic carbocycles. The number of nitro groups is 1. The first-order valence-electron chi connectivity index (χ1n) is 6.78. The maximum Gasteiger partial charge on any atom is 0.290 e. The van der Waals surface area contributed by atoms with Crippen molar-refractivity contribution in [3.63, 3.8) is 0 Å². The lowest BCUT2D eigenvalue weighted by molar-refractivity contribution is -0.385. The van der Waals surface area contributed by atoms with Crippen LogP contribution in [0.3, 0.4) is 0 Å². The van der Waals surface area contributed by atoms with E-state index < -0.39 is 0 Å². The van der Waals surface area contributed by atoms with Gasteiger partial charge >= 0.3 is 0 Å². The number of nitrogens with one attached hydrogen (secondary N) is 1. The van der Waals surface area contributed by atoms with Gasteiger partial charge in [-0.2, -0.15) is 0 Å². The zero-order valence-corrected chi connectivity index (χ0v) is 11.0. The normalized spacial score (nSPS) is 26.4. The van der Waals surface area contributed by atoms with E-state index in [2.05, 4.69) is 15.2 Å². The molecule has 3 rings (SSSR count). The fourth-order valence-electron chi connectivity index (χ4n) is 3.27. The molecule has 1 aromatic heterocycles. The molecule has 0 bridgehead atoms. The fourth-order valence-corrected chi connectivity index (χ4v) is 3.27. The van der Waals surface area contributed by atoms with Crippen LogP contribution < -0.4 is 5.32 Å². The van der Waals surface area contributed by atoms with Crippen LogP contribution in [0.1, 0.15) is 25.0 Å². The Morgan fingerprint density at radius 2 is 2.26 bits per heavy atom. The number of fused-ring (bicyclic) bond motifs is 1. The van der Waals surface area contributed by atoms with Crippen molar-refractivity contribution in [2.24, 2.45) is 0 Å². The highest BCUT2D eigenvalue weighted by Crippen LogP contribution is 2.30. The lowest BCUT2D eigenvalue weighted by Crippen LogP contribution is -2.34. The van der Waals surface area contributed by atoms with Crippen molar-refractivity contribution in [3.8, 4) is 0 Å². The maximum absolute atomic E-state index is 10.8. The molecule has 2 aliphatic heterocycles. The summed E-state index contributed by atoms with van der Waals surface area (Å²) in [5, 5.41) is 14.2. The molecule has 0 radical (unpaired) electrons. The highest BCUT2D eigenvalue weighted by atomic mass is 16.6. The van der Waals surface area contributed by atoms with Crippen molar-refractivity contribution in [1.82, 2.24) is 9.88 Å².